The Bertz CT molecular complexity index is 338. The van der Waals surface area contributed by atoms with Crippen molar-refractivity contribution in [2.45, 2.75) is 13.0 Å². The third-order valence-electron chi connectivity index (χ3n) is 2.32. The Morgan fingerprint density at radius 2 is 2.07 bits per heavy atom. The topological polar surface area (TPSA) is 53.1 Å². The summed E-state index contributed by atoms with van der Waals surface area (Å²) in [7, 11) is 1.67. The summed E-state index contributed by atoms with van der Waals surface area (Å²) in [5, 5.41) is 7.23. The Kier molecular flexibility index (Phi) is 3.06. The van der Waals surface area contributed by atoms with E-state index in [0.29, 0.717) is 5.56 Å². The molecule has 76 valence electrons. The average Bonchev–Trinajstić information content (AvgIpc) is 2.16. The van der Waals surface area contributed by atoms with Gasteiger partial charge in [0, 0.05) is 12.6 Å². The van der Waals surface area contributed by atoms with Gasteiger partial charge in [0.1, 0.15) is 5.82 Å². The van der Waals surface area contributed by atoms with Crippen LogP contribution >= 0.6 is 0 Å². The fourth-order valence-electron chi connectivity index (χ4n) is 1.23. The molecule has 0 aliphatic carbocycles. The van der Waals surface area contributed by atoms with Gasteiger partial charge in [0.2, 0.25) is 0 Å². The van der Waals surface area contributed by atoms with Crippen LogP contribution in [-0.2, 0) is 0 Å². The molecule has 1 atom stereocenters. The Balaban J connectivity index is 2.94. The number of nitrogens with one attached hydrogen (secondary N) is 1. The van der Waals surface area contributed by atoms with Crippen LogP contribution in [0.2, 0.25) is 0 Å². The largest absolute Gasteiger partial charge is 0.370 e. The second kappa shape index (κ2) is 4.09. The van der Waals surface area contributed by atoms with Gasteiger partial charge in [-0.25, -0.2) is 4.39 Å². The van der Waals surface area contributed by atoms with E-state index in [4.69, 9.17) is 11.1 Å². The fraction of sp³-hybridized carbons (Fsp3) is 0.300. The van der Waals surface area contributed by atoms with E-state index in [0.717, 1.165) is 0 Å². The minimum atomic E-state index is -0.270. The third kappa shape index (κ3) is 2.02. The number of nitrogens with two attached hydrogens (primary N) is 1. The molecule has 0 bridgehead atoms. The Morgan fingerprint density at radius 1 is 1.50 bits per heavy atom. The summed E-state index contributed by atoms with van der Waals surface area (Å²) in [5.74, 6) is -0.339. The smallest absolute Gasteiger partial charge is 0.188 e. The van der Waals surface area contributed by atoms with Crippen molar-refractivity contribution in [2.75, 3.05) is 7.05 Å². The lowest BCUT2D eigenvalue weighted by Crippen LogP contribution is -2.35. The van der Waals surface area contributed by atoms with Gasteiger partial charge in [-0.05, 0) is 13.0 Å². The predicted molar refractivity (Wildman–Crippen MR) is 54.5 cm³/mol. The highest BCUT2D eigenvalue weighted by Crippen LogP contribution is 2.20. The lowest BCUT2D eigenvalue weighted by atomic mass is 10.1. The fourth-order valence-corrected chi connectivity index (χ4v) is 1.23. The maximum absolute atomic E-state index is 13.3. The van der Waals surface area contributed by atoms with Crippen LogP contribution in [0.4, 0.5) is 4.39 Å². The molecule has 0 amide bonds. The van der Waals surface area contributed by atoms with Gasteiger partial charge in [0.05, 0.1) is 6.04 Å². The van der Waals surface area contributed by atoms with Crippen LogP contribution in [0.5, 0.6) is 0 Å². The maximum Gasteiger partial charge on any atom is 0.188 e. The first-order chi connectivity index (χ1) is 6.54. The monoisotopic (exact) mass is 195 g/mol. The first-order valence-electron chi connectivity index (χ1n) is 4.35. The summed E-state index contributed by atoms with van der Waals surface area (Å²) < 4.78 is 13.3. The van der Waals surface area contributed by atoms with E-state index < -0.39 is 0 Å². The van der Waals surface area contributed by atoms with Crippen LogP contribution in [0.1, 0.15) is 18.5 Å². The van der Waals surface area contributed by atoms with Gasteiger partial charge >= 0.3 is 0 Å². The second-order valence-corrected chi connectivity index (χ2v) is 3.19. The van der Waals surface area contributed by atoms with Crippen LogP contribution in [-0.4, -0.2) is 17.9 Å². The molecule has 0 saturated heterocycles. The highest BCUT2D eigenvalue weighted by atomic mass is 19.1. The summed E-state index contributed by atoms with van der Waals surface area (Å²) in [6.07, 6.45) is 0. The minimum absolute atomic E-state index is 0.0687. The zero-order chi connectivity index (χ0) is 10.7. The molecule has 0 spiro atoms. The van der Waals surface area contributed by atoms with Crippen molar-refractivity contribution in [1.29, 1.82) is 5.41 Å². The lowest BCUT2D eigenvalue weighted by Gasteiger charge is -2.25. The number of guanidine groups is 1. The zero-order valence-electron chi connectivity index (χ0n) is 8.29. The predicted octanol–water partition coefficient (Wildman–Crippen LogP) is 1.71. The molecule has 0 aromatic heterocycles. The zero-order valence-corrected chi connectivity index (χ0v) is 8.29. The Hall–Kier alpha value is -1.58. The van der Waals surface area contributed by atoms with Crippen LogP contribution in [0.15, 0.2) is 24.3 Å². The number of hydrogen-bond acceptors (Lipinski definition) is 1. The highest BCUT2D eigenvalue weighted by Gasteiger charge is 2.15. The molecule has 3 N–H and O–H groups in total. The first-order valence-corrected chi connectivity index (χ1v) is 4.35. The van der Waals surface area contributed by atoms with Crippen molar-refractivity contribution in [3.63, 3.8) is 0 Å². The number of benzene rings is 1. The molecule has 0 heterocycles. The van der Waals surface area contributed by atoms with Crippen LogP contribution in [0.3, 0.4) is 0 Å². The summed E-state index contributed by atoms with van der Waals surface area (Å²) in [6.45, 7) is 1.81. The van der Waals surface area contributed by atoms with Gasteiger partial charge in [0.15, 0.2) is 5.96 Å². The molecule has 1 rings (SSSR count). The lowest BCUT2D eigenvalue weighted by molar-refractivity contribution is 0.383. The van der Waals surface area contributed by atoms with Crippen LogP contribution in [0, 0.1) is 11.2 Å². The third-order valence-corrected chi connectivity index (χ3v) is 2.32. The van der Waals surface area contributed by atoms with Gasteiger partial charge in [-0.15, -0.1) is 0 Å². The molecule has 1 aromatic carbocycles. The van der Waals surface area contributed by atoms with E-state index in [2.05, 4.69) is 0 Å². The molecule has 1 unspecified atom stereocenters. The van der Waals surface area contributed by atoms with E-state index in [1.54, 1.807) is 32.2 Å². The molecular weight excluding hydrogens is 181 g/mol. The van der Waals surface area contributed by atoms with Crippen molar-refractivity contribution >= 4 is 5.96 Å². The Morgan fingerprint density at radius 3 is 2.57 bits per heavy atom. The van der Waals surface area contributed by atoms with Gasteiger partial charge in [-0.3, -0.25) is 5.41 Å². The molecule has 0 saturated carbocycles. The van der Waals surface area contributed by atoms with Crippen molar-refractivity contribution < 1.29 is 4.39 Å². The quantitative estimate of drug-likeness (QED) is 0.557. The average molecular weight is 195 g/mol. The normalized spacial score (nSPS) is 12.2. The molecule has 14 heavy (non-hydrogen) atoms. The van der Waals surface area contributed by atoms with Crippen molar-refractivity contribution in [3.05, 3.63) is 35.6 Å². The number of hydrogen-bond donors (Lipinski definition) is 2. The van der Waals surface area contributed by atoms with Crippen LogP contribution < -0.4 is 5.73 Å². The van der Waals surface area contributed by atoms with E-state index in [1.165, 1.54) is 11.0 Å². The van der Waals surface area contributed by atoms with Gasteiger partial charge in [-0.1, -0.05) is 18.2 Å². The summed E-state index contributed by atoms with van der Waals surface area (Å²) in [4.78, 5) is 1.51. The number of halogens is 1. The minimum Gasteiger partial charge on any atom is -0.370 e. The SMILES string of the molecule is CC(c1ccccc1F)N(C)C(=N)N. The molecule has 0 aliphatic rings. The first kappa shape index (κ1) is 10.5. The van der Waals surface area contributed by atoms with E-state index in [9.17, 15) is 4.39 Å². The number of nitrogens with zero attached hydrogens (tertiary/aromatic N) is 1. The molecule has 3 nitrogen and oxygen atoms in total. The van der Waals surface area contributed by atoms with E-state index in [1.807, 2.05) is 0 Å². The summed E-state index contributed by atoms with van der Waals surface area (Å²) in [5.41, 5.74) is 5.86. The summed E-state index contributed by atoms with van der Waals surface area (Å²) in [6, 6.07) is 6.27. The molecule has 1 aromatic rings. The highest BCUT2D eigenvalue weighted by molar-refractivity contribution is 5.74. The van der Waals surface area contributed by atoms with E-state index in [-0.39, 0.29) is 17.8 Å². The van der Waals surface area contributed by atoms with Crippen molar-refractivity contribution in [2.24, 2.45) is 5.73 Å². The van der Waals surface area contributed by atoms with Gasteiger partial charge in [0.25, 0.3) is 0 Å². The number of rotatable bonds is 2. The standard InChI is InChI=1S/C10H14FN3/c1-7(14(2)10(12)13)8-5-3-4-6-9(8)11/h3-7H,1-2H3,(H3,12,13). The second-order valence-electron chi connectivity index (χ2n) is 3.19. The van der Waals surface area contributed by atoms with Crippen molar-refractivity contribution in [3.8, 4) is 0 Å². The molecule has 0 fully saturated rings. The maximum atomic E-state index is 13.3. The molecule has 0 aliphatic heterocycles. The van der Waals surface area contributed by atoms with E-state index >= 15 is 0 Å². The summed E-state index contributed by atoms with van der Waals surface area (Å²) >= 11 is 0. The van der Waals surface area contributed by atoms with Gasteiger partial charge < -0.3 is 10.6 Å². The van der Waals surface area contributed by atoms with Gasteiger partial charge in [-0.2, -0.15) is 0 Å². The molecule has 4 heteroatoms. The molecular formula is C10H14FN3. The molecule has 0 radical (unpaired) electrons. The Labute approximate surface area is 82.8 Å². The van der Waals surface area contributed by atoms with Crippen LogP contribution in [0.25, 0.3) is 0 Å². The van der Waals surface area contributed by atoms with Crippen molar-refractivity contribution in [1.82, 2.24) is 4.90 Å².